The lowest BCUT2D eigenvalue weighted by Gasteiger charge is -2.69. The van der Waals surface area contributed by atoms with Gasteiger partial charge in [0.05, 0.1) is 108 Å². The van der Waals surface area contributed by atoms with Gasteiger partial charge in [-0.25, -0.2) is 14.4 Å². The number of aliphatic hydroxyl groups is 5. The second kappa shape index (κ2) is 41.7. The molecule has 6 aliphatic rings. The number of carbonyl (C=O) groups excluding carboxylic acids is 8. The average Bonchev–Trinajstić information content (AvgIpc) is 1.59. The molecule has 11 atom stereocenters. The van der Waals surface area contributed by atoms with Gasteiger partial charge in [-0.15, -0.1) is 23.2 Å². The van der Waals surface area contributed by atoms with E-state index in [1.807, 2.05) is 36.4 Å². The number of amides is 9. The molecule has 3 heterocycles. The van der Waals surface area contributed by atoms with Gasteiger partial charge in [-0.1, -0.05) is 74.5 Å². The number of nitrogens with one attached hydrogen (secondary N) is 4. The summed E-state index contributed by atoms with van der Waals surface area (Å²) in [7, 11) is 3.03. The molecule has 3 saturated carbocycles. The van der Waals surface area contributed by atoms with Crippen molar-refractivity contribution in [1.29, 1.82) is 0 Å². The molecule has 11 unspecified atom stereocenters. The number of alkyl halides is 2. The smallest absolute Gasteiger partial charge is 0.415 e. The molecule has 13 N–H and O–H groups in total. The highest BCUT2D eigenvalue weighted by atomic mass is 35.5. The van der Waals surface area contributed by atoms with Crippen molar-refractivity contribution in [3.05, 3.63) is 102 Å². The number of ether oxygens (including phenoxy) is 10. The number of halogens is 2. The van der Waals surface area contributed by atoms with Crippen molar-refractivity contribution in [2.24, 2.45) is 28.2 Å². The maximum atomic E-state index is 15.1. The van der Waals surface area contributed by atoms with Crippen molar-refractivity contribution in [3.8, 4) is 11.5 Å². The molecule has 630 valence electrons. The number of fused-ring (bicyclic) bond motifs is 6. The number of anilines is 3. The molecule has 1 saturated heterocycles. The molecular formula is C80H108Cl2N10O23. The SMILES string of the molecule is CC(C)C(NC(=O)CCOCCOCCOCCOCCOCCOCCN)C(=O)NC(CCCNC(N)=O)C(=O)Nc1ccc(COC(=O)N(C)CCN(C)C(=O)Oc2cc3c(c4ccccc24)C(CCl)CN3C(=O)C23CC(C(=O)N4CC(CCl)c5c4cc(OC4OC(C(O)C(C)O)C(O)C(O)C4O)c4ccccc54)(C2)C3)cc1. The molecule has 3 aliphatic heterocycles. The Morgan fingerprint density at radius 3 is 1.60 bits per heavy atom. The van der Waals surface area contributed by atoms with Gasteiger partial charge in [-0.3, -0.25) is 24.0 Å². The fourth-order valence-electron chi connectivity index (χ4n) is 15.2. The summed E-state index contributed by atoms with van der Waals surface area (Å²) in [4.78, 5) is 116. The van der Waals surface area contributed by atoms with E-state index in [0.29, 0.717) is 105 Å². The average molecular weight is 1650 g/mol. The summed E-state index contributed by atoms with van der Waals surface area (Å²) in [6.07, 6.45) is -11.9. The van der Waals surface area contributed by atoms with Gasteiger partial charge in [0.2, 0.25) is 35.8 Å². The Kier molecular flexibility index (Phi) is 32.2. The van der Waals surface area contributed by atoms with E-state index in [9.17, 15) is 54.3 Å². The Balaban J connectivity index is 0.679. The van der Waals surface area contributed by atoms with Gasteiger partial charge in [0.25, 0.3) is 0 Å². The highest BCUT2D eigenvalue weighted by Crippen LogP contribution is 2.75. The minimum Gasteiger partial charge on any atom is -0.461 e. The molecule has 115 heavy (non-hydrogen) atoms. The van der Waals surface area contributed by atoms with Crippen LogP contribution in [-0.4, -0.2) is 282 Å². The first-order valence-corrected chi connectivity index (χ1v) is 39.9. The van der Waals surface area contributed by atoms with Crippen molar-refractivity contribution < 1.29 is 111 Å². The van der Waals surface area contributed by atoms with E-state index >= 15 is 9.59 Å². The van der Waals surface area contributed by atoms with Crippen LogP contribution in [0.3, 0.4) is 0 Å². The first-order valence-electron chi connectivity index (χ1n) is 38.8. The molecule has 5 aromatic rings. The summed E-state index contributed by atoms with van der Waals surface area (Å²) in [5.41, 5.74) is 12.4. The zero-order chi connectivity index (χ0) is 82.7. The molecule has 33 nitrogen and oxygen atoms in total. The second-order valence-corrected chi connectivity index (χ2v) is 30.7. The van der Waals surface area contributed by atoms with Crippen LogP contribution in [0.4, 0.5) is 31.4 Å². The number of aliphatic hydroxyl groups excluding tert-OH is 5. The fraction of sp³-hybridized carbons (Fsp3) is 0.575. The minimum absolute atomic E-state index is 0.0183. The van der Waals surface area contributed by atoms with Gasteiger partial charge in [-0.2, -0.15) is 0 Å². The number of primary amides is 1. The zero-order valence-corrected chi connectivity index (χ0v) is 66.9. The van der Waals surface area contributed by atoms with Gasteiger partial charge in [0.1, 0.15) is 60.7 Å². The monoisotopic (exact) mass is 1650 g/mol. The van der Waals surface area contributed by atoms with Crippen LogP contribution in [0.2, 0.25) is 0 Å². The molecule has 0 radical (unpaired) electrons. The largest absolute Gasteiger partial charge is 0.461 e. The first kappa shape index (κ1) is 89.0. The number of carbonyl (C=O) groups is 8. The van der Waals surface area contributed by atoms with Crippen LogP contribution < -0.4 is 52.0 Å². The number of urea groups is 1. The van der Waals surface area contributed by atoms with E-state index in [2.05, 4.69) is 21.3 Å². The van der Waals surface area contributed by atoms with Crippen LogP contribution in [0.1, 0.15) is 87.8 Å². The summed E-state index contributed by atoms with van der Waals surface area (Å²) in [5.74, 6) is -2.30. The predicted molar refractivity (Wildman–Crippen MR) is 424 cm³/mol. The molecule has 5 aromatic carbocycles. The van der Waals surface area contributed by atoms with Gasteiger partial charge >= 0.3 is 18.2 Å². The molecule has 4 fully saturated rings. The molecule has 0 aromatic heterocycles. The van der Waals surface area contributed by atoms with E-state index in [0.717, 1.165) is 16.5 Å². The lowest BCUT2D eigenvalue weighted by atomic mass is 9.34. The first-order chi connectivity index (χ1) is 55.2. The van der Waals surface area contributed by atoms with Crippen molar-refractivity contribution >= 4 is 110 Å². The summed E-state index contributed by atoms with van der Waals surface area (Å²) in [5, 5.41) is 66.9. The van der Waals surface area contributed by atoms with Crippen molar-refractivity contribution in [2.75, 3.05) is 160 Å². The minimum atomic E-state index is -1.82. The highest BCUT2D eigenvalue weighted by molar-refractivity contribution is 6.20. The lowest BCUT2D eigenvalue weighted by Crippen LogP contribution is -2.73. The van der Waals surface area contributed by atoms with Crippen LogP contribution in [-0.2, 0) is 68.5 Å². The van der Waals surface area contributed by atoms with Crippen LogP contribution >= 0.6 is 23.2 Å². The van der Waals surface area contributed by atoms with Crippen LogP contribution in [0.5, 0.6) is 11.5 Å². The fourth-order valence-corrected chi connectivity index (χ4v) is 15.7. The number of hydrogen-bond donors (Lipinski definition) is 11. The quantitative estimate of drug-likeness (QED) is 0.0191. The maximum Gasteiger partial charge on any atom is 0.415 e. The molecule has 9 amide bonds. The molecule has 3 aliphatic carbocycles. The standard InChI is InChI=1S/C80H108Cl2N10O23/c1-47(2)65(88-62(94)20-25-106-27-29-108-31-33-110-35-36-111-34-32-109-30-28-107-26-21-83)72(100)87-57(15-10-22-85-76(84)103)71(99)86-52-18-16-49(17-19-52)43-112-77(104)89(4)23-24-90(5)78(105)114-61-38-59-64(56-14-9-7-12-54(56)61)51(40-82)42-92(59)75(102)80-44-79(45-80,46-80)74(101)91-41-50(39-81)63-55-13-8-6-11-53(55)60(37-58(63)91)113-73-69(98)67(96)68(97)70(115-73)66(95)48(3)93/h6-9,11-14,16-19,37-38,47-48,50-51,57,65-70,73,93,95-98H,10,15,20-36,39-46,83H2,1-5H3,(H,86,99)(H,87,100)(H,88,94)(H3,84,85,103). The second-order valence-electron chi connectivity index (χ2n) is 30.1. The van der Waals surface area contributed by atoms with Gasteiger partial charge in [0, 0.05) is 112 Å². The van der Waals surface area contributed by atoms with Crippen molar-refractivity contribution in [2.45, 2.75) is 133 Å². The Labute approximate surface area is 677 Å². The summed E-state index contributed by atoms with van der Waals surface area (Å²) in [6.45, 7) is 10.1. The van der Waals surface area contributed by atoms with Crippen molar-refractivity contribution in [1.82, 2.24) is 25.8 Å². The van der Waals surface area contributed by atoms with Crippen LogP contribution in [0.25, 0.3) is 21.5 Å². The summed E-state index contributed by atoms with van der Waals surface area (Å²) in [6, 6.07) is 21.5. The number of likely N-dealkylation sites (N-methyl/N-ethyl adjacent to an activating group) is 2. The Bertz CT molecular complexity index is 4150. The number of benzene rings is 5. The van der Waals surface area contributed by atoms with Crippen LogP contribution in [0, 0.1) is 16.7 Å². The van der Waals surface area contributed by atoms with Gasteiger partial charge < -0.3 is 125 Å². The molecular weight excluding hydrogens is 1540 g/mol. The topological polar surface area (TPSA) is 443 Å². The number of nitrogens with zero attached hydrogens (tertiary/aromatic N) is 4. The van der Waals surface area contributed by atoms with E-state index in [-0.39, 0.29) is 151 Å². The Morgan fingerprint density at radius 1 is 0.617 bits per heavy atom. The van der Waals surface area contributed by atoms with E-state index in [4.69, 9.17) is 82.0 Å². The highest BCUT2D eigenvalue weighted by Gasteiger charge is 2.76. The Morgan fingerprint density at radius 2 is 1.10 bits per heavy atom. The molecule has 11 rings (SSSR count). The lowest BCUT2D eigenvalue weighted by molar-refractivity contribution is -0.293. The van der Waals surface area contributed by atoms with Crippen LogP contribution in [0.15, 0.2) is 84.9 Å². The third-order valence-electron chi connectivity index (χ3n) is 21.4. The Hall–Kier alpha value is -8.36. The van der Waals surface area contributed by atoms with E-state index in [1.165, 1.54) is 30.8 Å². The van der Waals surface area contributed by atoms with Gasteiger partial charge in [0.15, 0.2) is 0 Å². The number of hydrogen-bond acceptors (Lipinski definition) is 24. The molecule has 35 heteroatoms. The van der Waals surface area contributed by atoms with Crippen molar-refractivity contribution in [3.63, 3.8) is 0 Å². The number of rotatable bonds is 44. The maximum absolute atomic E-state index is 15.1. The zero-order valence-electron chi connectivity index (χ0n) is 65.4. The van der Waals surface area contributed by atoms with Gasteiger partial charge in [-0.05, 0) is 84.5 Å². The van der Waals surface area contributed by atoms with E-state index < -0.39 is 102 Å². The normalized spacial score (nSPS) is 22.2. The predicted octanol–water partition coefficient (Wildman–Crippen LogP) is 4.29. The third-order valence-corrected chi connectivity index (χ3v) is 22.1. The number of nitrogens with two attached hydrogens (primary N) is 2. The third kappa shape index (κ3) is 21.9. The summed E-state index contributed by atoms with van der Waals surface area (Å²) < 4.78 is 56.6. The van der Waals surface area contributed by atoms with E-state index in [1.54, 1.807) is 72.2 Å². The summed E-state index contributed by atoms with van der Waals surface area (Å²) >= 11 is 13.4. The molecule has 2 bridgehead atoms. The molecule has 0 spiro atoms.